The molecule has 2 aromatic carbocycles. The summed E-state index contributed by atoms with van der Waals surface area (Å²) in [5.74, 6) is 0. The van der Waals surface area contributed by atoms with E-state index in [0.717, 1.165) is 12.0 Å². The van der Waals surface area contributed by atoms with Gasteiger partial charge < -0.3 is 5.32 Å². The molecule has 0 saturated carbocycles. The second kappa shape index (κ2) is 8.46. The number of nitrogens with zero attached hydrogens (tertiary/aromatic N) is 1. The van der Waals surface area contributed by atoms with Crippen LogP contribution >= 0.6 is 12.4 Å². The molecule has 2 nitrogen and oxygen atoms in total. The summed E-state index contributed by atoms with van der Waals surface area (Å²) in [5.41, 5.74) is 3.22. The van der Waals surface area contributed by atoms with Gasteiger partial charge in [0.25, 0.3) is 0 Å². The Labute approximate surface area is 133 Å². The Morgan fingerprint density at radius 2 is 1.76 bits per heavy atom. The van der Waals surface area contributed by atoms with Gasteiger partial charge in [-0.15, -0.1) is 12.4 Å². The lowest BCUT2D eigenvalue weighted by molar-refractivity contribution is 0.477. The van der Waals surface area contributed by atoms with Gasteiger partial charge in [0, 0.05) is 12.1 Å². The molecule has 3 heteroatoms. The summed E-state index contributed by atoms with van der Waals surface area (Å²) in [6.07, 6.45) is 0.923. The zero-order valence-electron chi connectivity index (χ0n) is 12.4. The van der Waals surface area contributed by atoms with E-state index >= 15 is 0 Å². The van der Waals surface area contributed by atoms with Crippen molar-refractivity contribution in [3.05, 3.63) is 71.3 Å². The lowest BCUT2D eigenvalue weighted by Gasteiger charge is -2.20. The minimum Gasteiger partial charge on any atom is -0.307 e. The summed E-state index contributed by atoms with van der Waals surface area (Å²) >= 11 is 0. The van der Waals surface area contributed by atoms with E-state index in [0.29, 0.717) is 12.1 Å². The molecule has 2 aromatic rings. The predicted octanol–water partition coefficient (Wildman–Crippen LogP) is 4.26. The molecule has 0 fully saturated rings. The summed E-state index contributed by atoms with van der Waals surface area (Å²) in [5, 5.41) is 12.5. The quantitative estimate of drug-likeness (QED) is 0.895. The van der Waals surface area contributed by atoms with Crippen molar-refractivity contribution in [2.75, 3.05) is 0 Å². The lowest BCUT2D eigenvalue weighted by Crippen LogP contribution is -2.30. The number of hydrogen-bond donors (Lipinski definition) is 1. The van der Waals surface area contributed by atoms with Gasteiger partial charge in [-0.05, 0) is 43.5 Å². The van der Waals surface area contributed by atoms with Crippen LogP contribution in [-0.4, -0.2) is 6.04 Å². The van der Waals surface area contributed by atoms with Gasteiger partial charge in [0.2, 0.25) is 0 Å². The van der Waals surface area contributed by atoms with E-state index in [1.165, 1.54) is 11.1 Å². The van der Waals surface area contributed by atoms with Gasteiger partial charge in [-0.2, -0.15) is 5.26 Å². The normalized spacial score (nSPS) is 12.8. The molecule has 0 aliphatic carbocycles. The zero-order chi connectivity index (χ0) is 14.4. The molecule has 0 bridgehead atoms. The largest absolute Gasteiger partial charge is 0.307 e. The summed E-state index contributed by atoms with van der Waals surface area (Å²) in [6.45, 7) is 4.36. The molecule has 0 aliphatic heterocycles. The molecular formula is C18H21ClN2. The van der Waals surface area contributed by atoms with E-state index in [2.05, 4.69) is 55.6 Å². The minimum atomic E-state index is 0. The molecule has 0 unspecified atom stereocenters. The zero-order valence-corrected chi connectivity index (χ0v) is 13.2. The maximum absolute atomic E-state index is 8.92. The molecule has 0 saturated heterocycles. The average Bonchev–Trinajstić information content (AvgIpc) is 2.48. The maximum atomic E-state index is 8.92. The molecule has 2 atom stereocenters. The average molecular weight is 301 g/mol. The van der Waals surface area contributed by atoms with Gasteiger partial charge in [0.1, 0.15) is 0 Å². The third-order valence-electron chi connectivity index (χ3n) is 3.43. The van der Waals surface area contributed by atoms with Crippen molar-refractivity contribution in [2.24, 2.45) is 0 Å². The first-order valence-corrected chi connectivity index (χ1v) is 6.99. The van der Waals surface area contributed by atoms with Crippen LogP contribution in [-0.2, 0) is 6.42 Å². The smallest absolute Gasteiger partial charge is 0.0991 e. The highest BCUT2D eigenvalue weighted by Crippen LogP contribution is 2.14. The third-order valence-corrected chi connectivity index (χ3v) is 3.43. The van der Waals surface area contributed by atoms with Gasteiger partial charge in [0.05, 0.1) is 11.6 Å². The second-order valence-electron chi connectivity index (χ2n) is 5.22. The fourth-order valence-electron chi connectivity index (χ4n) is 2.45. The fourth-order valence-corrected chi connectivity index (χ4v) is 2.45. The number of nitrogens with one attached hydrogen (secondary N) is 1. The van der Waals surface area contributed by atoms with E-state index in [-0.39, 0.29) is 12.4 Å². The van der Waals surface area contributed by atoms with Gasteiger partial charge in [0.15, 0.2) is 0 Å². The van der Waals surface area contributed by atoms with Gasteiger partial charge in [-0.3, -0.25) is 0 Å². The Morgan fingerprint density at radius 1 is 1.05 bits per heavy atom. The van der Waals surface area contributed by atoms with Crippen LogP contribution in [0.1, 0.15) is 36.6 Å². The van der Waals surface area contributed by atoms with Crippen LogP contribution in [0.4, 0.5) is 0 Å². The highest BCUT2D eigenvalue weighted by Gasteiger charge is 2.09. The number of hydrogen-bond acceptors (Lipinski definition) is 2. The fraction of sp³-hybridized carbons (Fsp3) is 0.278. The first-order chi connectivity index (χ1) is 9.69. The number of benzene rings is 2. The number of halogens is 1. The molecule has 0 aliphatic rings. The van der Waals surface area contributed by atoms with Gasteiger partial charge in [-0.1, -0.05) is 42.5 Å². The number of nitriles is 1. The summed E-state index contributed by atoms with van der Waals surface area (Å²) in [4.78, 5) is 0. The lowest BCUT2D eigenvalue weighted by atomic mass is 10.0. The minimum absolute atomic E-state index is 0. The Balaban J connectivity index is 0.00000220. The predicted molar refractivity (Wildman–Crippen MR) is 89.6 cm³/mol. The van der Waals surface area contributed by atoms with Crippen LogP contribution in [0.15, 0.2) is 54.6 Å². The first kappa shape index (κ1) is 17.2. The molecular weight excluding hydrogens is 280 g/mol. The summed E-state index contributed by atoms with van der Waals surface area (Å²) in [7, 11) is 0. The van der Waals surface area contributed by atoms with E-state index in [1.807, 2.05) is 24.3 Å². The molecule has 110 valence electrons. The van der Waals surface area contributed by atoms with Crippen molar-refractivity contribution in [2.45, 2.75) is 32.4 Å². The van der Waals surface area contributed by atoms with Gasteiger partial charge in [-0.25, -0.2) is 0 Å². The molecule has 21 heavy (non-hydrogen) atoms. The van der Waals surface area contributed by atoms with Crippen LogP contribution < -0.4 is 5.32 Å². The summed E-state index contributed by atoms with van der Waals surface area (Å²) < 4.78 is 0. The monoisotopic (exact) mass is 300 g/mol. The SMILES string of the molecule is C[C@H](Cc1cccc(C#N)c1)N[C@H](C)c1ccccc1.Cl. The second-order valence-corrected chi connectivity index (χ2v) is 5.22. The Hall–Kier alpha value is -1.82. The van der Waals surface area contributed by atoms with E-state index in [9.17, 15) is 0 Å². The van der Waals surface area contributed by atoms with Crippen molar-refractivity contribution in [3.63, 3.8) is 0 Å². The topological polar surface area (TPSA) is 35.8 Å². The van der Waals surface area contributed by atoms with Crippen molar-refractivity contribution in [1.29, 1.82) is 5.26 Å². The van der Waals surface area contributed by atoms with E-state index < -0.39 is 0 Å². The van der Waals surface area contributed by atoms with Crippen molar-refractivity contribution in [1.82, 2.24) is 5.32 Å². The molecule has 1 N–H and O–H groups in total. The molecule has 0 heterocycles. The van der Waals surface area contributed by atoms with E-state index in [1.54, 1.807) is 0 Å². The Kier molecular flexibility index (Phi) is 6.94. The Morgan fingerprint density at radius 3 is 2.43 bits per heavy atom. The first-order valence-electron chi connectivity index (χ1n) is 6.99. The van der Waals surface area contributed by atoms with Crippen LogP contribution in [0.2, 0.25) is 0 Å². The van der Waals surface area contributed by atoms with Crippen LogP contribution in [0.25, 0.3) is 0 Å². The third kappa shape index (κ3) is 5.23. The van der Waals surface area contributed by atoms with Crippen molar-refractivity contribution in [3.8, 4) is 6.07 Å². The molecule has 0 amide bonds. The highest BCUT2D eigenvalue weighted by atomic mass is 35.5. The highest BCUT2D eigenvalue weighted by molar-refractivity contribution is 5.85. The van der Waals surface area contributed by atoms with Gasteiger partial charge >= 0.3 is 0 Å². The van der Waals surface area contributed by atoms with Crippen LogP contribution in [0.5, 0.6) is 0 Å². The van der Waals surface area contributed by atoms with E-state index in [4.69, 9.17) is 5.26 Å². The van der Waals surface area contributed by atoms with Crippen LogP contribution in [0.3, 0.4) is 0 Å². The van der Waals surface area contributed by atoms with Crippen molar-refractivity contribution < 1.29 is 0 Å². The molecule has 0 aromatic heterocycles. The maximum Gasteiger partial charge on any atom is 0.0991 e. The van der Waals surface area contributed by atoms with Crippen molar-refractivity contribution >= 4 is 12.4 Å². The molecule has 0 spiro atoms. The summed E-state index contributed by atoms with van der Waals surface area (Å²) in [6, 6.07) is 21.1. The molecule has 2 rings (SSSR count). The Bertz CT molecular complexity index is 590. The van der Waals surface area contributed by atoms with Crippen LogP contribution in [0, 0.1) is 11.3 Å². The number of rotatable bonds is 5. The molecule has 0 radical (unpaired) electrons. The standard InChI is InChI=1S/C18H20N2.ClH/c1-14(11-16-7-6-8-17(12-16)13-19)20-15(2)18-9-4-3-5-10-18;/h3-10,12,14-15,20H,11H2,1-2H3;1H/t14-,15-;/m1./s1.